The number of rotatable bonds is 7. The summed E-state index contributed by atoms with van der Waals surface area (Å²) in [6.07, 6.45) is 3.45. The lowest BCUT2D eigenvalue weighted by Crippen LogP contribution is -2.65. The normalized spacial score (nSPS) is 12.4. The van der Waals surface area contributed by atoms with Crippen LogP contribution in [0.25, 0.3) is 0 Å². The molecular formula is C19H25IOSi. The van der Waals surface area contributed by atoms with Crippen molar-refractivity contribution in [2.75, 3.05) is 4.43 Å². The van der Waals surface area contributed by atoms with Gasteiger partial charge >= 0.3 is 0 Å². The summed E-state index contributed by atoms with van der Waals surface area (Å²) in [6, 6.07) is 20.6. The third kappa shape index (κ3) is 3.63. The van der Waals surface area contributed by atoms with Gasteiger partial charge in [-0.3, -0.25) is 0 Å². The number of halogens is 1. The minimum Gasteiger partial charge on any atom is -0.424 e. The number of alkyl halides is 1. The van der Waals surface area contributed by atoms with Gasteiger partial charge in [-0.25, -0.2) is 0 Å². The molecule has 0 aliphatic carbocycles. The maximum atomic E-state index is 11.9. The van der Waals surface area contributed by atoms with Crippen molar-refractivity contribution in [3.8, 4) is 0 Å². The Kier molecular flexibility index (Phi) is 6.23. The number of unbranched alkanes of at least 4 members (excludes halogenated alkanes) is 1. The van der Waals surface area contributed by atoms with Crippen LogP contribution in [-0.2, 0) is 0 Å². The molecule has 0 fully saturated rings. The fourth-order valence-corrected chi connectivity index (χ4v) is 7.47. The molecule has 0 amide bonds. The highest BCUT2D eigenvalue weighted by Gasteiger charge is 2.49. The topological polar surface area (TPSA) is 20.2 Å². The van der Waals surface area contributed by atoms with Crippen LogP contribution in [0.15, 0.2) is 60.7 Å². The zero-order valence-corrected chi connectivity index (χ0v) is 16.6. The summed E-state index contributed by atoms with van der Waals surface area (Å²) in [5.41, 5.74) is 0. The van der Waals surface area contributed by atoms with E-state index in [0.717, 1.165) is 16.8 Å². The van der Waals surface area contributed by atoms with E-state index >= 15 is 0 Å². The van der Waals surface area contributed by atoms with E-state index in [2.05, 4.69) is 60.7 Å². The second-order valence-electron chi connectivity index (χ2n) is 6.47. The highest BCUT2D eigenvalue weighted by molar-refractivity contribution is 14.1. The lowest BCUT2D eigenvalue weighted by atomic mass is 10.1. The minimum atomic E-state index is -2.78. The Balaban J connectivity index is 2.46. The molecule has 0 atom stereocenters. The summed E-state index contributed by atoms with van der Waals surface area (Å²) in [6.45, 7) is 4.48. The van der Waals surface area contributed by atoms with Crippen LogP contribution in [0.5, 0.6) is 0 Å². The molecule has 0 aliphatic rings. The molecule has 118 valence electrons. The predicted molar refractivity (Wildman–Crippen MR) is 107 cm³/mol. The molecule has 1 nitrogen and oxygen atoms in total. The molecule has 2 aromatic carbocycles. The first-order chi connectivity index (χ1) is 10.5. The third-order valence-corrected chi connectivity index (χ3v) is 9.86. The Morgan fingerprint density at radius 3 is 1.73 bits per heavy atom. The van der Waals surface area contributed by atoms with Crippen LogP contribution in [-0.4, -0.2) is 17.5 Å². The van der Waals surface area contributed by atoms with E-state index in [4.69, 9.17) is 0 Å². The molecule has 0 saturated carbocycles. The predicted octanol–water partition coefficient (Wildman–Crippen LogP) is 4.12. The van der Waals surface area contributed by atoms with E-state index in [1.54, 1.807) is 0 Å². The van der Waals surface area contributed by atoms with Gasteiger partial charge in [-0.2, -0.15) is 0 Å². The van der Waals surface area contributed by atoms with Gasteiger partial charge in [-0.05, 0) is 32.7 Å². The Hall–Kier alpha value is -0.653. The van der Waals surface area contributed by atoms with Crippen LogP contribution in [0.1, 0.15) is 33.1 Å². The van der Waals surface area contributed by atoms with Crippen LogP contribution >= 0.6 is 22.6 Å². The maximum Gasteiger partial charge on any atom is 0.258 e. The molecule has 0 bridgehead atoms. The van der Waals surface area contributed by atoms with Gasteiger partial charge in [0.25, 0.3) is 8.32 Å². The van der Waals surface area contributed by atoms with E-state index in [0.29, 0.717) is 0 Å². The number of hydrogen-bond acceptors (Lipinski definition) is 1. The lowest BCUT2D eigenvalue weighted by Gasteiger charge is -2.41. The summed E-state index contributed by atoms with van der Waals surface area (Å²) >= 11 is 2.43. The molecule has 22 heavy (non-hydrogen) atoms. The summed E-state index contributed by atoms with van der Waals surface area (Å²) in [5, 5.41) is 2.13. The Labute approximate surface area is 149 Å². The van der Waals surface area contributed by atoms with Crippen LogP contribution in [0, 0.1) is 0 Å². The summed E-state index contributed by atoms with van der Waals surface area (Å²) in [5.74, 6) is 0. The van der Waals surface area contributed by atoms with Crippen LogP contribution in [0.2, 0.25) is 5.04 Å². The Bertz CT molecular complexity index is 529. The van der Waals surface area contributed by atoms with Crippen molar-refractivity contribution in [2.45, 2.75) is 38.1 Å². The molecule has 0 radical (unpaired) electrons. The molecular weight excluding hydrogens is 399 g/mol. The van der Waals surface area contributed by atoms with Gasteiger partial charge in [0.05, 0.1) is 0 Å². The van der Waals surface area contributed by atoms with Gasteiger partial charge in [-0.1, -0.05) is 104 Å². The largest absolute Gasteiger partial charge is 0.424 e. The van der Waals surface area contributed by atoms with Crippen molar-refractivity contribution in [2.24, 2.45) is 0 Å². The molecule has 0 unspecified atom stereocenters. The molecule has 0 aliphatic heterocycles. The maximum absolute atomic E-state index is 11.9. The SMILES string of the molecule is CC(C)(CCCCI)[Si](O)(c1ccccc1)c1ccccc1. The second kappa shape index (κ2) is 7.75. The van der Waals surface area contributed by atoms with Crippen molar-refractivity contribution in [1.82, 2.24) is 0 Å². The second-order valence-corrected chi connectivity index (χ2v) is 11.5. The number of benzene rings is 2. The first-order valence-electron chi connectivity index (χ1n) is 7.92. The van der Waals surface area contributed by atoms with E-state index in [1.807, 2.05) is 36.4 Å². The molecule has 0 heterocycles. The molecule has 0 saturated heterocycles. The Morgan fingerprint density at radius 2 is 1.32 bits per heavy atom. The van der Waals surface area contributed by atoms with Crippen molar-refractivity contribution in [3.05, 3.63) is 60.7 Å². The van der Waals surface area contributed by atoms with Crippen LogP contribution in [0.4, 0.5) is 0 Å². The van der Waals surface area contributed by atoms with E-state index < -0.39 is 8.32 Å². The van der Waals surface area contributed by atoms with Gasteiger partial charge in [0.1, 0.15) is 0 Å². The van der Waals surface area contributed by atoms with Crippen molar-refractivity contribution >= 4 is 41.3 Å². The van der Waals surface area contributed by atoms with Crippen molar-refractivity contribution in [3.63, 3.8) is 0 Å². The zero-order valence-electron chi connectivity index (χ0n) is 13.4. The Morgan fingerprint density at radius 1 is 0.864 bits per heavy atom. The lowest BCUT2D eigenvalue weighted by molar-refractivity contribution is 0.456. The van der Waals surface area contributed by atoms with Crippen molar-refractivity contribution in [1.29, 1.82) is 0 Å². The van der Waals surface area contributed by atoms with E-state index in [9.17, 15) is 4.80 Å². The fraction of sp³-hybridized carbons (Fsp3) is 0.368. The third-order valence-electron chi connectivity index (χ3n) is 4.55. The molecule has 0 aromatic heterocycles. The molecule has 0 spiro atoms. The summed E-state index contributed by atoms with van der Waals surface area (Å²) < 4.78 is 1.19. The standard InChI is InChI=1S/C19H25IOSi/c1-19(2,15-9-10-16-20)22(21,17-11-5-3-6-12-17)18-13-7-4-8-14-18/h3-8,11-14,21H,9-10,15-16H2,1-2H3. The molecule has 1 N–H and O–H groups in total. The monoisotopic (exact) mass is 424 g/mol. The van der Waals surface area contributed by atoms with E-state index in [-0.39, 0.29) is 5.04 Å². The molecule has 2 aromatic rings. The zero-order chi connectivity index (χ0) is 16.1. The summed E-state index contributed by atoms with van der Waals surface area (Å²) in [4.78, 5) is 11.9. The van der Waals surface area contributed by atoms with Gasteiger partial charge in [0.2, 0.25) is 0 Å². The average molecular weight is 424 g/mol. The quantitative estimate of drug-likeness (QED) is 0.307. The van der Waals surface area contributed by atoms with Gasteiger partial charge < -0.3 is 4.80 Å². The average Bonchev–Trinajstić information content (AvgIpc) is 2.55. The van der Waals surface area contributed by atoms with Crippen LogP contribution in [0.3, 0.4) is 0 Å². The van der Waals surface area contributed by atoms with Gasteiger partial charge in [0, 0.05) is 0 Å². The van der Waals surface area contributed by atoms with E-state index in [1.165, 1.54) is 17.3 Å². The first-order valence-corrected chi connectivity index (χ1v) is 11.4. The summed E-state index contributed by atoms with van der Waals surface area (Å²) in [7, 11) is -2.78. The first kappa shape index (κ1) is 17.7. The highest BCUT2D eigenvalue weighted by Crippen LogP contribution is 2.40. The highest BCUT2D eigenvalue weighted by atomic mass is 127. The smallest absolute Gasteiger partial charge is 0.258 e. The number of hydrogen-bond donors (Lipinski definition) is 1. The molecule has 2 rings (SSSR count). The minimum absolute atomic E-state index is 0.0957. The fourth-order valence-electron chi connectivity index (χ4n) is 3.15. The molecule has 3 heteroatoms. The van der Waals surface area contributed by atoms with Crippen LogP contribution < -0.4 is 10.4 Å². The van der Waals surface area contributed by atoms with Gasteiger partial charge in [0.15, 0.2) is 0 Å². The van der Waals surface area contributed by atoms with Gasteiger partial charge in [-0.15, -0.1) is 0 Å². The van der Waals surface area contributed by atoms with Crippen molar-refractivity contribution < 1.29 is 4.80 Å².